The SMILES string of the molecule is CN1CC(c2cnc3ccc4ccc(N5CCN(C)S5(=O)=O)cc4c(=O)c3c2)C=N1. The van der Waals surface area contributed by atoms with Crippen molar-refractivity contribution in [2.24, 2.45) is 5.10 Å². The van der Waals surface area contributed by atoms with Gasteiger partial charge in [-0.3, -0.25) is 19.1 Å². The van der Waals surface area contributed by atoms with Crippen molar-refractivity contribution in [1.82, 2.24) is 14.3 Å². The minimum atomic E-state index is -3.55. The van der Waals surface area contributed by atoms with Crippen LogP contribution in [0.2, 0.25) is 0 Å². The summed E-state index contributed by atoms with van der Waals surface area (Å²) in [7, 11) is -0.0887. The molecule has 1 unspecified atom stereocenters. The third kappa shape index (κ3) is 2.93. The van der Waals surface area contributed by atoms with Gasteiger partial charge in [-0.25, -0.2) is 0 Å². The van der Waals surface area contributed by atoms with Crippen LogP contribution in [0.1, 0.15) is 11.5 Å². The molecule has 9 heteroatoms. The first-order valence-electron chi connectivity index (χ1n) is 9.70. The molecule has 0 saturated carbocycles. The molecule has 0 aliphatic carbocycles. The second kappa shape index (κ2) is 6.75. The van der Waals surface area contributed by atoms with Crippen molar-refractivity contribution in [3.05, 3.63) is 58.4 Å². The molecular formula is C21H21N5O3S. The first kappa shape index (κ1) is 19.0. The number of hydrazone groups is 1. The fraction of sp³-hybridized carbons (Fsp3) is 0.286. The van der Waals surface area contributed by atoms with Gasteiger partial charge < -0.3 is 0 Å². The topological polar surface area (TPSA) is 86.2 Å². The van der Waals surface area contributed by atoms with Crippen LogP contribution in [0.25, 0.3) is 21.7 Å². The van der Waals surface area contributed by atoms with E-state index in [0.717, 1.165) is 17.5 Å². The Labute approximate surface area is 174 Å². The van der Waals surface area contributed by atoms with Crippen molar-refractivity contribution in [3.8, 4) is 0 Å². The maximum Gasteiger partial charge on any atom is 0.303 e. The molecule has 2 aliphatic heterocycles. The number of aromatic nitrogens is 1. The smallest absolute Gasteiger partial charge is 0.299 e. The molecule has 3 heterocycles. The van der Waals surface area contributed by atoms with Crippen LogP contribution in [0.4, 0.5) is 5.69 Å². The van der Waals surface area contributed by atoms with Gasteiger partial charge in [0.1, 0.15) is 0 Å². The second-order valence-electron chi connectivity index (χ2n) is 7.75. The van der Waals surface area contributed by atoms with Crippen LogP contribution < -0.4 is 9.73 Å². The highest BCUT2D eigenvalue weighted by Crippen LogP contribution is 2.28. The average Bonchev–Trinajstić information content (AvgIpc) is 3.24. The Bertz CT molecular complexity index is 1370. The molecule has 8 nitrogen and oxygen atoms in total. The van der Waals surface area contributed by atoms with E-state index in [2.05, 4.69) is 10.1 Å². The predicted octanol–water partition coefficient (Wildman–Crippen LogP) is 1.76. The number of anilines is 1. The van der Waals surface area contributed by atoms with Gasteiger partial charge in [0, 0.05) is 62.8 Å². The van der Waals surface area contributed by atoms with Gasteiger partial charge >= 0.3 is 10.2 Å². The van der Waals surface area contributed by atoms with Crippen molar-refractivity contribution < 1.29 is 8.42 Å². The minimum Gasteiger partial charge on any atom is -0.299 e. The van der Waals surface area contributed by atoms with Crippen molar-refractivity contribution in [1.29, 1.82) is 0 Å². The zero-order valence-electron chi connectivity index (χ0n) is 16.7. The Balaban J connectivity index is 1.69. The van der Waals surface area contributed by atoms with E-state index in [1.165, 1.54) is 8.61 Å². The molecule has 0 radical (unpaired) electrons. The molecule has 0 bridgehead atoms. The van der Waals surface area contributed by atoms with E-state index in [9.17, 15) is 13.2 Å². The van der Waals surface area contributed by atoms with Gasteiger partial charge in [0.25, 0.3) is 0 Å². The first-order valence-corrected chi connectivity index (χ1v) is 11.1. The normalized spacial score (nSPS) is 21.2. The number of nitrogens with zero attached hydrogens (tertiary/aromatic N) is 5. The number of hydrogen-bond acceptors (Lipinski definition) is 6. The van der Waals surface area contributed by atoms with Gasteiger partial charge in [-0.2, -0.15) is 17.8 Å². The minimum absolute atomic E-state index is 0.0870. The van der Waals surface area contributed by atoms with E-state index in [4.69, 9.17) is 0 Å². The highest BCUT2D eigenvalue weighted by atomic mass is 32.2. The molecule has 1 atom stereocenters. The standard InChI is InChI=1S/C21H21N5O3S/c1-24-13-16(12-23-24)15-9-19-20(22-11-15)6-4-14-3-5-17(10-18(14)21(19)27)26-8-7-25(2)30(26,28)29/h3-6,9-12,16H,7-8,13H2,1-2H3. The molecule has 2 aromatic carbocycles. The first-order chi connectivity index (χ1) is 14.3. The van der Waals surface area contributed by atoms with Crippen LogP contribution in [0.15, 0.2) is 52.5 Å². The number of pyridine rings is 1. The van der Waals surface area contributed by atoms with Crippen LogP contribution in [0.3, 0.4) is 0 Å². The van der Waals surface area contributed by atoms with Crippen LogP contribution in [-0.4, -0.2) is 62.7 Å². The Morgan fingerprint density at radius 1 is 1.03 bits per heavy atom. The summed E-state index contributed by atoms with van der Waals surface area (Å²) in [5.74, 6) is 0.0870. The lowest BCUT2D eigenvalue weighted by atomic mass is 10.0. The third-order valence-electron chi connectivity index (χ3n) is 5.80. The van der Waals surface area contributed by atoms with Gasteiger partial charge in [0.05, 0.1) is 11.2 Å². The number of likely N-dealkylation sites (N-methyl/N-ethyl adjacent to an activating group) is 2. The Hall–Kier alpha value is -3.04. The molecular weight excluding hydrogens is 402 g/mol. The maximum absolute atomic E-state index is 13.4. The third-order valence-corrected chi connectivity index (χ3v) is 7.72. The maximum atomic E-state index is 13.4. The van der Waals surface area contributed by atoms with Gasteiger partial charge in [0.2, 0.25) is 0 Å². The summed E-state index contributed by atoms with van der Waals surface area (Å²) >= 11 is 0. The summed E-state index contributed by atoms with van der Waals surface area (Å²) in [6.45, 7) is 1.52. The van der Waals surface area contributed by atoms with Crippen LogP contribution in [0, 0.1) is 0 Å². The summed E-state index contributed by atoms with van der Waals surface area (Å²) < 4.78 is 27.8. The van der Waals surface area contributed by atoms with Crippen molar-refractivity contribution in [3.63, 3.8) is 0 Å². The molecule has 2 aliphatic rings. The number of fused-ring (bicyclic) bond motifs is 2. The second-order valence-corrected chi connectivity index (χ2v) is 9.71. The van der Waals surface area contributed by atoms with Crippen LogP contribution in [-0.2, 0) is 10.2 Å². The molecule has 1 aromatic heterocycles. The van der Waals surface area contributed by atoms with Crippen molar-refractivity contribution in [2.45, 2.75) is 5.92 Å². The fourth-order valence-electron chi connectivity index (χ4n) is 4.02. The molecule has 0 N–H and O–H groups in total. The van der Waals surface area contributed by atoms with Crippen molar-refractivity contribution in [2.75, 3.05) is 38.0 Å². The Kier molecular flexibility index (Phi) is 4.26. The quantitative estimate of drug-likeness (QED) is 0.627. The van der Waals surface area contributed by atoms with E-state index in [0.29, 0.717) is 35.1 Å². The van der Waals surface area contributed by atoms with Crippen LogP contribution in [0.5, 0.6) is 0 Å². The number of benzene rings is 1. The van der Waals surface area contributed by atoms with E-state index >= 15 is 0 Å². The van der Waals surface area contributed by atoms with Crippen LogP contribution >= 0.6 is 0 Å². The highest BCUT2D eigenvalue weighted by Gasteiger charge is 2.34. The summed E-state index contributed by atoms with van der Waals surface area (Å²) in [6, 6.07) is 10.8. The molecule has 154 valence electrons. The zero-order chi connectivity index (χ0) is 21.0. The number of rotatable bonds is 2. The molecule has 0 amide bonds. The summed E-state index contributed by atoms with van der Waals surface area (Å²) in [5, 5.41) is 7.86. The lowest BCUT2D eigenvalue weighted by molar-refractivity contribution is 0.381. The Morgan fingerprint density at radius 2 is 1.83 bits per heavy atom. The largest absolute Gasteiger partial charge is 0.303 e. The lowest BCUT2D eigenvalue weighted by Crippen LogP contribution is -2.30. The average molecular weight is 423 g/mol. The van der Waals surface area contributed by atoms with E-state index in [-0.39, 0.29) is 11.3 Å². The summed E-state index contributed by atoms with van der Waals surface area (Å²) in [5.41, 5.74) is 1.89. The van der Waals surface area contributed by atoms with E-state index < -0.39 is 10.2 Å². The summed E-state index contributed by atoms with van der Waals surface area (Å²) in [6.07, 6.45) is 3.65. The van der Waals surface area contributed by atoms with E-state index in [1.807, 2.05) is 36.5 Å². The molecule has 1 saturated heterocycles. The molecule has 3 aromatic rings. The van der Waals surface area contributed by atoms with Gasteiger partial charge in [-0.1, -0.05) is 12.1 Å². The van der Waals surface area contributed by atoms with Gasteiger partial charge in [-0.05, 0) is 35.2 Å². The fourth-order valence-corrected chi connectivity index (χ4v) is 5.36. The van der Waals surface area contributed by atoms with Crippen molar-refractivity contribution >= 4 is 43.8 Å². The molecule has 1 fully saturated rings. The lowest BCUT2D eigenvalue weighted by Gasteiger charge is -2.18. The zero-order valence-corrected chi connectivity index (χ0v) is 17.5. The number of hydrogen-bond donors (Lipinski definition) is 0. The van der Waals surface area contributed by atoms with E-state index in [1.54, 1.807) is 31.4 Å². The monoisotopic (exact) mass is 423 g/mol. The van der Waals surface area contributed by atoms with Gasteiger partial charge in [0.15, 0.2) is 5.43 Å². The molecule has 0 spiro atoms. The predicted molar refractivity (Wildman–Crippen MR) is 118 cm³/mol. The van der Waals surface area contributed by atoms with Gasteiger partial charge in [-0.15, -0.1) is 0 Å². The summed E-state index contributed by atoms with van der Waals surface area (Å²) in [4.78, 5) is 18.0. The Morgan fingerprint density at radius 3 is 2.53 bits per heavy atom. The highest BCUT2D eigenvalue weighted by molar-refractivity contribution is 7.90. The molecule has 30 heavy (non-hydrogen) atoms. The molecule has 5 rings (SSSR count).